The molecular weight excluding hydrogens is 431 g/mol. The maximum Gasteiger partial charge on any atom is 0.252 e. The molecule has 1 amide bonds. The average molecular weight is 457 g/mol. The summed E-state index contributed by atoms with van der Waals surface area (Å²) in [6.45, 7) is 5.38. The van der Waals surface area contributed by atoms with Crippen LogP contribution in [-0.4, -0.2) is 55.1 Å². The number of carbonyl (C=O) groups is 1. The maximum absolute atomic E-state index is 12.4. The third-order valence-electron chi connectivity index (χ3n) is 5.61. The van der Waals surface area contributed by atoms with Gasteiger partial charge in [-0.15, -0.1) is 0 Å². The summed E-state index contributed by atoms with van der Waals surface area (Å²) in [4.78, 5) is 20.3. The highest BCUT2D eigenvalue weighted by atomic mass is 35.5. The van der Waals surface area contributed by atoms with Crippen molar-refractivity contribution < 1.29 is 4.79 Å². The van der Waals surface area contributed by atoms with Crippen LogP contribution in [-0.2, 0) is 0 Å². The Morgan fingerprint density at radius 1 is 1.00 bits per heavy atom. The Bertz CT molecular complexity index is 1010. The number of aromatic nitrogens is 1. The minimum Gasteiger partial charge on any atom is -0.368 e. The van der Waals surface area contributed by atoms with E-state index in [0.717, 1.165) is 56.1 Å². The van der Waals surface area contributed by atoms with Crippen LogP contribution in [0.5, 0.6) is 0 Å². The topological polar surface area (TPSA) is 51.4 Å². The molecule has 0 spiro atoms. The molecule has 1 fully saturated rings. The Hall–Kier alpha value is -2.47. The van der Waals surface area contributed by atoms with Gasteiger partial charge in [0.05, 0.1) is 21.3 Å². The van der Waals surface area contributed by atoms with Gasteiger partial charge in [-0.1, -0.05) is 59.6 Å². The number of carbonyl (C=O) groups excluding carboxylic acids is 1. The van der Waals surface area contributed by atoms with Crippen molar-refractivity contribution in [3.63, 3.8) is 0 Å². The number of amides is 1. The summed E-state index contributed by atoms with van der Waals surface area (Å²) in [7, 11) is 0. The lowest BCUT2D eigenvalue weighted by molar-refractivity contribution is 0.0951. The molecule has 2 aromatic carbocycles. The van der Waals surface area contributed by atoms with Gasteiger partial charge in [-0.25, -0.2) is 0 Å². The first-order valence-corrected chi connectivity index (χ1v) is 11.3. The number of H-pyrrole nitrogens is 1. The second kappa shape index (κ2) is 10.2. The molecule has 0 saturated carbocycles. The molecule has 1 aliphatic rings. The van der Waals surface area contributed by atoms with Gasteiger partial charge in [-0.05, 0) is 36.7 Å². The molecule has 4 rings (SSSR count). The zero-order chi connectivity index (χ0) is 21.6. The number of halogens is 2. The number of aromatic amines is 1. The standard InChI is InChI=1S/C24H26Cl2N4O/c25-20-8-4-9-22(23(20)26)30-14-12-29(13-15-30)11-5-10-27-24(31)19-16-21(28-17-19)18-6-2-1-3-7-18/h1-4,6-9,16-17,28H,5,10-15H2,(H,27,31). The van der Waals surface area contributed by atoms with Crippen molar-refractivity contribution in [1.29, 1.82) is 0 Å². The van der Waals surface area contributed by atoms with Gasteiger partial charge in [0.1, 0.15) is 0 Å². The lowest BCUT2D eigenvalue weighted by Crippen LogP contribution is -2.47. The van der Waals surface area contributed by atoms with E-state index in [0.29, 0.717) is 22.2 Å². The summed E-state index contributed by atoms with van der Waals surface area (Å²) in [5.41, 5.74) is 3.68. The lowest BCUT2D eigenvalue weighted by atomic mass is 10.1. The fraction of sp³-hybridized carbons (Fsp3) is 0.292. The van der Waals surface area contributed by atoms with Gasteiger partial charge in [-0.2, -0.15) is 0 Å². The zero-order valence-electron chi connectivity index (χ0n) is 17.3. The van der Waals surface area contributed by atoms with Crippen LogP contribution in [0.3, 0.4) is 0 Å². The highest BCUT2D eigenvalue weighted by molar-refractivity contribution is 6.43. The third-order valence-corrected chi connectivity index (χ3v) is 6.42. The third kappa shape index (κ3) is 5.42. The van der Waals surface area contributed by atoms with E-state index in [-0.39, 0.29) is 5.91 Å². The second-order valence-electron chi connectivity index (χ2n) is 7.68. The number of nitrogens with one attached hydrogen (secondary N) is 2. The van der Waals surface area contributed by atoms with Crippen LogP contribution in [0.15, 0.2) is 60.8 Å². The van der Waals surface area contributed by atoms with Gasteiger partial charge in [0.25, 0.3) is 5.91 Å². The molecule has 3 aromatic rings. The minimum atomic E-state index is -0.0427. The van der Waals surface area contributed by atoms with E-state index in [1.54, 1.807) is 6.20 Å². The van der Waals surface area contributed by atoms with E-state index in [1.165, 1.54) is 0 Å². The van der Waals surface area contributed by atoms with Crippen molar-refractivity contribution in [3.8, 4) is 11.3 Å². The molecule has 31 heavy (non-hydrogen) atoms. The first-order chi connectivity index (χ1) is 15.1. The summed E-state index contributed by atoms with van der Waals surface area (Å²) in [6, 6.07) is 17.7. The summed E-state index contributed by atoms with van der Waals surface area (Å²) in [6.07, 6.45) is 2.68. The fourth-order valence-electron chi connectivity index (χ4n) is 3.87. The predicted molar refractivity (Wildman–Crippen MR) is 128 cm³/mol. The van der Waals surface area contributed by atoms with Crippen LogP contribution in [0.1, 0.15) is 16.8 Å². The maximum atomic E-state index is 12.4. The van der Waals surface area contributed by atoms with Crippen molar-refractivity contribution in [2.24, 2.45) is 0 Å². The zero-order valence-corrected chi connectivity index (χ0v) is 18.8. The monoisotopic (exact) mass is 456 g/mol. The summed E-state index contributed by atoms with van der Waals surface area (Å²) in [5, 5.41) is 4.24. The molecule has 2 heterocycles. The molecule has 0 bridgehead atoms. The summed E-state index contributed by atoms with van der Waals surface area (Å²) >= 11 is 12.5. The molecule has 1 aromatic heterocycles. The first kappa shape index (κ1) is 21.8. The Morgan fingerprint density at radius 2 is 1.77 bits per heavy atom. The average Bonchev–Trinajstić information content (AvgIpc) is 3.30. The molecule has 0 radical (unpaired) electrons. The lowest BCUT2D eigenvalue weighted by Gasteiger charge is -2.36. The van der Waals surface area contributed by atoms with Crippen LogP contribution in [0, 0.1) is 0 Å². The predicted octanol–water partition coefficient (Wildman–Crippen LogP) is 4.93. The van der Waals surface area contributed by atoms with E-state index in [9.17, 15) is 4.79 Å². The van der Waals surface area contributed by atoms with E-state index in [2.05, 4.69) is 20.1 Å². The van der Waals surface area contributed by atoms with Gasteiger partial charge in [0, 0.05) is 44.6 Å². The van der Waals surface area contributed by atoms with Gasteiger partial charge in [0.15, 0.2) is 0 Å². The van der Waals surface area contributed by atoms with Crippen molar-refractivity contribution in [2.75, 3.05) is 44.2 Å². The van der Waals surface area contributed by atoms with E-state index in [1.807, 2.05) is 54.6 Å². The minimum absolute atomic E-state index is 0.0427. The molecule has 1 saturated heterocycles. The second-order valence-corrected chi connectivity index (χ2v) is 8.46. The molecule has 0 atom stereocenters. The molecule has 0 unspecified atom stereocenters. The van der Waals surface area contributed by atoms with Crippen LogP contribution in [0.2, 0.25) is 10.0 Å². The van der Waals surface area contributed by atoms with Crippen molar-refractivity contribution in [2.45, 2.75) is 6.42 Å². The molecule has 2 N–H and O–H groups in total. The van der Waals surface area contributed by atoms with Crippen molar-refractivity contribution >= 4 is 34.8 Å². The molecule has 162 valence electrons. The molecule has 0 aliphatic carbocycles. The molecular formula is C24H26Cl2N4O. The largest absolute Gasteiger partial charge is 0.368 e. The number of benzene rings is 2. The highest BCUT2D eigenvalue weighted by Gasteiger charge is 2.19. The summed E-state index contributed by atoms with van der Waals surface area (Å²) in [5.74, 6) is -0.0427. The van der Waals surface area contributed by atoms with E-state index in [4.69, 9.17) is 23.2 Å². The van der Waals surface area contributed by atoms with Crippen molar-refractivity contribution in [3.05, 3.63) is 76.4 Å². The number of hydrogen-bond acceptors (Lipinski definition) is 3. The van der Waals surface area contributed by atoms with E-state index < -0.39 is 0 Å². The van der Waals surface area contributed by atoms with Crippen LogP contribution >= 0.6 is 23.2 Å². The number of piperazine rings is 1. The fourth-order valence-corrected chi connectivity index (χ4v) is 4.28. The number of nitrogens with zero attached hydrogens (tertiary/aromatic N) is 2. The quantitative estimate of drug-likeness (QED) is 0.495. The van der Waals surface area contributed by atoms with Gasteiger partial charge < -0.3 is 15.2 Å². The first-order valence-electron chi connectivity index (χ1n) is 10.5. The van der Waals surface area contributed by atoms with Gasteiger partial charge in [0.2, 0.25) is 0 Å². The normalized spacial score (nSPS) is 14.6. The Morgan fingerprint density at radius 3 is 2.55 bits per heavy atom. The summed E-state index contributed by atoms with van der Waals surface area (Å²) < 4.78 is 0. The van der Waals surface area contributed by atoms with Crippen LogP contribution in [0.4, 0.5) is 5.69 Å². The van der Waals surface area contributed by atoms with Crippen molar-refractivity contribution in [1.82, 2.24) is 15.2 Å². The van der Waals surface area contributed by atoms with Crippen LogP contribution in [0.25, 0.3) is 11.3 Å². The Kier molecular flexibility index (Phi) is 7.17. The smallest absolute Gasteiger partial charge is 0.252 e. The number of rotatable bonds is 7. The van der Waals surface area contributed by atoms with E-state index >= 15 is 0 Å². The number of anilines is 1. The number of hydrogen-bond donors (Lipinski definition) is 2. The molecule has 1 aliphatic heterocycles. The Balaban J connectivity index is 1.18. The Labute approximate surface area is 193 Å². The molecule has 5 nitrogen and oxygen atoms in total. The van der Waals surface area contributed by atoms with Gasteiger partial charge >= 0.3 is 0 Å². The van der Waals surface area contributed by atoms with Gasteiger partial charge in [-0.3, -0.25) is 9.69 Å². The molecule has 7 heteroatoms. The SMILES string of the molecule is O=C(NCCCN1CCN(c2cccc(Cl)c2Cl)CC1)c1c[nH]c(-c2ccccc2)c1. The highest BCUT2D eigenvalue weighted by Crippen LogP contribution is 2.32. The van der Waals surface area contributed by atoms with Crippen LogP contribution < -0.4 is 10.2 Å².